The second kappa shape index (κ2) is 4.02. The van der Waals surface area contributed by atoms with Gasteiger partial charge < -0.3 is 10.6 Å². The first kappa shape index (κ1) is 10.2. The molecular weight excluding hydrogens is 192 g/mol. The first-order valence-corrected chi connectivity index (χ1v) is 5.29. The number of amides is 1. The Kier molecular flexibility index (Phi) is 2.73. The molecule has 0 aliphatic carbocycles. The molecule has 0 aromatic carbocycles. The first-order chi connectivity index (χ1) is 7.20. The highest BCUT2D eigenvalue weighted by molar-refractivity contribution is 5.92. The van der Waals surface area contributed by atoms with Gasteiger partial charge in [0.2, 0.25) is 0 Å². The Labute approximate surface area is 88.8 Å². The Morgan fingerprint density at radius 3 is 3.07 bits per heavy atom. The summed E-state index contributed by atoms with van der Waals surface area (Å²) in [7, 11) is 0. The molecule has 1 fully saturated rings. The van der Waals surface area contributed by atoms with Gasteiger partial charge in [0.25, 0.3) is 5.91 Å². The van der Waals surface area contributed by atoms with Crippen molar-refractivity contribution in [2.45, 2.75) is 25.9 Å². The summed E-state index contributed by atoms with van der Waals surface area (Å²) in [5.41, 5.74) is 6.27. The highest BCUT2D eigenvalue weighted by Gasteiger charge is 2.25. The maximum atomic E-state index is 11.9. The van der Waals surface area contributed by atoms with Crippen LogP contribution in [0, 0.1) is 0 Å². The van der Waals surface area contributed by atoms with Crippen LogP contribution in [0.25, 0.3) is 0 Å². The van der Waals surface area contributed by atoms with Crippen LogP contribution in [0.5, 0.6) is 0 Å². The van der Waals surface area contributed by atoms with Crippen molar-refractivity contribution in [1.29, 1.82) is 0 Å². The predicted octanol–water partition coefficient (Wildman–Crippen LogP) is 0.0762. The minimum Gasteiger partial charge on any atom is -0.336 e. The minimum atomic E-state index is -0.00449. The summed E-state index contributed by atoms with van der Waals surface area (Å²) in [4.78, 5) is 13.7. The molecule has 2 heterocycles. The van der Waals surface area contributed by atoms with E-state index < -0.39 is 0 Å². The van der Waals surface area contributed by atoms with Crippen molar-refractivity contribution in [2.75, 3.05) is 13.1 Å². The van der Waals surface area contributed by atoms with Gasteiger partial charge in [0.05, 0.1) is 0 Å². The van der Waals surface area contributed by atoms with Crippen LogP contribution in [-0.4, -0.2) is 39.7 Å². The Morgan fingerprint density at radius 2 is 2.53 bits per heavy atom. The van der Waals surface area contributed by atoms with Crippen molar-refractivity contribution >= 4 is 5.91 Å². The maximum absolute atomic E-state index is 11.9. The average Bonchev–Trinajstić information content (AvgIpc) is 2.84. The lowest BCUT2D eigenvalue weighted by atomic mass is 10.3. The summed E-state index contributed by atoms with van der Waals surface area (Å²) < 4.78 is 1.75. The molecule has 1 amide bonds. The number of hydrogen-bond donors (Lipinski definition) is 1. The number of aryl methyl sites for hydroxylation is 1. The standard InChI is InChI=1S/C10H16N4O/c1-2-14-6-4-9(12-14)10(15)13-5-3-8(11)7-13/h4,6,8H,2-3,5,7,11H2,1H3. The molecule has 0 radical (unpaired) electrons. The summed E-state index contributed by atoms with van der Waals surface area (Å²) in [6.07, 6.45) is 2.71. The van der Waals surface area contributed by atoms with E-state index in [9.17, 15) is 4.79 Å². The fourth-order valence-electron chi connectivity index (χ4n) is 1.79. The van der Waals surface area contributed by atoms with Crippen LogP contribution >= 0.6 is 0 Å². The SMILES string of the molecule is CCn1ccc(C(=O)N2CCC(N)C2)n1. The van der Waals surface area contributed by atoms with Gasteiger partial charge in [0, 0.05) is 31.9 Å². The highest BCUT2D eigenvalue weighted by atomic mass is 16.2. The summed E-state index contributed by atoms with van der Waals surface area (Å²) in [5, 5.41) is 4.18. The molecule has 0 saturated carbocycles. The van der Waals surface area contributed by atoms with Crippen molar-refractivity contribution in [3.8, 4) is 0 Å². The first-order valence-electron chi connectivity index (χ1n) is 5.29. The molecule has 5 nitrogen and oxygen atoms in total. The van der Waals surface area contributed by atoms with Crippen LogP contribution in [0.4, 0.5) is 0 Å². The van der Waals surface area contributed by atoms with E-state index in [1.165, 1.54) is 0 Å². The van der Waals surface area contributed by atoms with E-state index in [2.05, 4.69) is 5.10 Å². The number of nitrogens with two attached hydrogens (primary N) is 1. The lowest BCUT2D eigenvalue weighted by Crippen LogP contribution is -2.32. The zero-order chi connectivity index (χ0) is 10.8. The molecule has 2 rings (SSSR count). The summed E-state index contributed by atoms with van der Waals surface area (Å²) in [6.45, 7) is 4.18. The fraction of sp³-hybridized carbons (Fsp3) is 0.600. The van der Waals surface area contributed by atoms with Gasteiger partial charge in [0.1, 0.15) is 5.69 Å². The molecule has 0 bridgehead atoms. The van der Waals surface area contributed by atoms with Gasteiger partial charge in [-0.2, -0.15) is 5.10 Å². The number of nitrogens with zero attached hydrogens (tertiary/aromatic N) is 3. The van der Waals surface area contributed by atoms with Crippen molar-refractivity contribution in [2.24, 2.45) is 5.73 Å². The molecule has 1 atom stereocenters. The molecule has 1 saturated heterocycles. The van der Waals surface area contributed by atoms with Crippen LogP contribution in [0.2, 0.25) is 0 Å². The van der Waals surface area contributed by atoms with E-state index in [0.29, 0.717) is 12.2 Å². The van der Waals surface area contributed by atoms with Crippen molar-refractivity contribution in [1.82, 2.24) is 14.7 Å². The Bertz CT molecular complexity index is 360. The number of carbonyl (C=O) groups excluding carboxylic acids is 1. The fourth-order valence-corrected chi connectivity index (χ4v) is 1.79. The van der Waals surface area contributed by atoms with Crippen LogP contribution < -0.4 is 5.73 Å². The molecule has 1 aromatic rings. The molecule has 2 N–H and O–H groups in total. The van der Waals surface area contributed by atoms with Crippen LogP contribution in [0.3, 0.4) is 0 Å². The molecule has 15 heavy (non-hydrogen) atoms. The van der Waals surface area contributed by atoms with Gasteiger partial charge in [-0.25, -0.2) is 0 Å². The summed E-state index contributed by atoms with van der Waals surface area (Å²) in [5.74, 6) is -0.00449. The number of aromatic nitrogens is 2. The van der Waals surface area contributed by atoms with Gasteiger partial charge in [-0.05, 0) is 19.4 Å². The van der Waals surface area contributed by atoms with Gasteiger partial charge in [0.15, 0.2) is 0 Å². The molecule has 5 heteroatoms. The second-order valence-corrected chi connectivity index (χ2v) is 3.86. The van der Waals surface area contributed by atoms with E-state index >= 15 is 0 Å². The number of carbonyl (C=O) groups is 1. The normalized spacial score (nSPS) is 20.9. The van der Waals surface area contributed by atoms with Crippen LogP contribution in [0.1, 0.15) is 23.8 Å². The molecule has 1 aromatic heterocycles. The van der Waals surface area contributed by atoms with E-state index in [1.54, 1.807) is 15.6 Å². The van der Waals surface area contributed by atoms with E-state index in [0.717, 1.165) is 19.5 Å². The van der Waals surface area contributed by atoms with Gasteiger partial charge in [-0.1, -0.05) is 0 Å². The zero-order valence-electron chi connectivity index (χ0n) is 8.89. The number of rotatable bonds is 2. The summed E-state index contributed by atoms with van der Waals surface area (Å²) in [6, 6.07) is 1.89. The molecule has 82 valence electrons. The Hall–Kier alpha value is -1.36. The molecule has 0 spiro atoms. The molecule has 1 aliphatic rings. The summed E-state index contributed by atoms with van der Waals surface area (Å²) >= 11 is 0. The highest BCUT2D eigenvalue weighted by Crippen LogP contribution is 2.10. The third kappa shape index (κ3) is 2.02. The second-order valence-electron chi connectivity index (χ2n) is 3.86. The van der Waals surface area contributed by atoms with Crippen molar-refractivity contribution in [3.63, 3.8) is 0 Å². The topological polar surface area (TPSA) is 64.2 Å². The molecular formula is C10H16N4O. The van der Waals surface area contributed by atoms with Crippen molar-refractivity contribution in [3.05, 3.63) is 18.0 Å². The van der Waals surface area contributed by atoms with Gasteiger partial charge >= 0.3 is 0 Å². The smallest absolute Gasteiger partial charge is 0.274 e. The van der Waals surface area contributed by atoms with Crippen LogP contribution in [0.15, 0.2) is 12.3 Å². The van der Waals surface area contributed by atoms with Gasteiger partial charge in [-0.15, -0.1) is 0 Å². The van der Waals surface area contributed by atoms with E-state index in [1.807, 2.05) is 13.1 Å². The predicted molar refractivity (Wildman–Crippen MR) is 56.4 cm³/mol. The zero-order valence-corrected chi connectivity index (χ0v) is 8.89. The molecule has 1 unspecified atom stereocenters. The lowest BCUT2D eigenvalue weighted by molar-refractivity contribution is 0.0784. The van der Waals surface area contributed by atoms with E-state index in [-0.39, 0.29) is 11.9 Å². The Balaban J connectivity index is 2.07. The lowest BCUT2D eigenvalue weighted by Gasteiger charge is -2.13. The Morgan fingerprint density at radius 1 is 1.73 bits per heavy atom. The van der Waals surface area contributed by atoms with Crippen molar-refractivity contribution < 1.29 is 4.79 Å². The van der Waals surface area contributed by atoms with Gasteiger partial charge in [-0.3, -0.25) is 9.48 Å². The largest absolute Gasteiger partial charge is 0.336 e. The van der Waals surface area contributed by atoms with Crippen LogP contribution in [-0.2, 0) is 6.54 Å². The number of hydrogen-bond acceptors (Lipinski definition) is 3. The quantitative estimate of drug-likeness (QED) is 0.748. The third-order valence-corrected chi connectivity index (χ3v) is 2.70. The average molecular weight is 208 g/mol. The third-order valence-electron chi connectivity index (χ3n) is 2.70. The monoisotopic (exact) mass is 208 g/mol. The maximum Gasteiger partial charge on any atom is 0.274 e. The molecule has 1 aliphatic heterocycles. The number of likely N-dealkylation sites (tertiary alicyclic amines) is 1. The van der Waals surface area contributed by atoms with E-state index in [4.69, 9.17) is 5.73 Å². The minimum absolute atomic E-state index is 0.00449.